The molecule has 0 spiro atoms. The van der Waals surface area contributed by atoms with Gasteiger partial charge in [-0.15, -0.1) is 0 Å². The number of carbonyl (C=O) groups is 1. The van der Waals surface area contributed by atoms with Gasteiger partial charge in [0.25, 0.3) is 0 Å². The van der Waals surface area contributed by atoms with Crippen molar-refractivity contribution >= 4 is 13.7 Å². The normalized spacial score (nSPS) is 23.4. The quantitative estimate of drug-likeness (QED) is 0.0161. The highest BCUT2D eigenvalue weighted by Gasteiger charge is 2.51. The second-order valence-electron chi connectivity index (χ2n) is 17.5. The van der Waals surface area contributed by atoms with Gasteiger partial charge in [0.05, 0.1) is 31.3 Å². The topological polar surface area (TPSA) is 226 Å². The number of allylic oxidation sites excluding steroid dienone is 3. The van der Waals surface area contributed by atoms with E-state index in [4.69, 9.17) is 9.05 Å². The third-order valence-electron chi connectivity index (χ3n) is 11.8. The maximum atomic E-state index is 13.0. The first-order chi connectivity index (χ1) is 29.3. The molecule has 0 aromatic carbocycles. The van der Waals surface area contributed by atoms with E-state index in [0.29, 0.717) is 12.8 Å². The lowest BCUT2D eigenvalue weighted by atomic mass is 9.85. The molecule has 61 heavy (non-hydrogen) atoms. The number of unbranched alkanes of at least 4 members (excludes halogenated alkanes) is 25. The maximum Gasteiger partial charge on any atom is 0.472 e. The highest BCUT2D eigenvalue weighted by molar-refractivity contribution is 7.47. The van der Waals surface area contributed by atoms with Crippen molar-refractivity contribution in [3.05, 3.63) is 24.3 Å². The lowest BCUT2D eigenvalue weighted by Crippen LogP contribution is -2.64. The summed E-state index contributed by atoms with van der Waals surface area (Å²) in [5.74, 6) is -0.601. The van der Waals surface area contributed by atoms with Crippen LogP contribution in [0.3, 0.4) is 0 Å². The van der Waals surface area contributed by atoms with Crippen LogP contribution in [0.4, 0.5) is 0 Å². The SMILES string of the molecule is CCCCCCCC/C=C/CC/C=C/C(O)C(COP(=O)(O)OC1C(O)C(O)C(O)C(O)C1O)NC(=O)CC(O)CCCCCCCCCCCCCCCCCCCCC. The number of rotatable bonds is 40. The van der Waals surface area contributed by atoms with Crippen LogP contribution in [0.5, 0.6) is 0 Å². The number of hydrogen-bond donors (Lipinski definition) is 9. The van der Waals surface area contributed by atoms with Gasteiger partial charge in [-0.2, -0.15) is 0 Å². The number of nitrogens with one attached hydrogen (secondary N) is 1. The number of hydrogen-bond acceptors (Lipinski definition) is 11. The molecule has 1 rings (SSSR count). The molecule has 0 radical (unpaired) electrons. The van der Waals surface area contributed by atoms with Crippen molar-refractivity contribution in [2.45, 2.75) is 261 Å². The van der Waals surface area contributed by atoms with Gasteiger partial charge in [0.15, 0.2) is 0 Å². The number of aliphatic hydroxyl groups is 7. The van der Waals surface area contributed by atoms with Crippen LogP contribution in [0.25, 0.3) is 0 Å². The van der Waals surface area contributed by atoms with E-state index in [-0.39, 0.29) is 6.42 Å². The molecule has 9 N–H and O–H groups in total. The van der Waals surface area contributed by atoms with E-state index >= 15 is 0 Å². The van der Waals surface area contributed by atoms with Gasteiger partial charge < -0.3 is 46.0 Å². The molecule has 360 valence electrons. The minimum Gasteiger partial charge on any atom is -0.393 e. The summed E-state index contributed by atoms with van der Waals surface area (Å²) in [6.07, 6.45) is 27.1. The Morgan fingerprint density at radius 1 is 0.574 bits per heavy atom. The smallest absolute Gasteiger partial charge is 0.393 e. The highest BCUT2D eigenvalue weighted by Crippen LogP contribution is 2.47. The van der Waals surface area contributed by atoms with Crippen LogP contribution in [0.15, 0.2) is 24.3 Å². The number of phosphoric ester groups is 1. The van der Waals surface area contributed by atoms with Gasteiger partial charge in [-0.3, -0.25) is 13.8 Å². The Kier molecular flexibility index (Phi) is 35.1. The fourth-order valence-corrected chi connectivity index (χ4v) is 8.75. The van der Waals surface area contributed by atoms with Gasteiger partial charge in [-0.1, -0.05) is 192 Å². The molecule has 8 unspecified atom stereocenters. The number of carbonyl (C=O) groups excluding carboxylic acids is 1. The summed E-state index contributed by atoms with van der Waals surface area (Å²) in [6, 6.07) is -1.25. The minimum absolute atomic E-state index is 0.249. The van der Waals surface area contributed by atoms with Crippen molar-refractivity contribution in [1.82, 2.24) is 5.32 Å². The molecule has 1 saturated carbocycles. The van der Waals surface area contributed by atoms with Crippen molar-refractivity contribution in [3.8, 4) is 0 Å². The van der Waals surface area contributed by atoms with Crippen LogP contribution in [-0.2, 0) is 18.4 Å². The molecule has 0 heterocycles. The minimum atomic E-state index is -5.14. The molecule has 1 amide bonds. The Balaban J connectivity index is 2.48. The molecule has 0 aromatic heterocycles. The molecule has 0 aromatic rings. The van der Waals surface area contributed by atoms with Crippen molar-refractivity contribution in [2.24, 2.45) is 0 Å². The van der Waals surface area contributed by atoms with E-state index in [9.17, 15) is 50.0 Å². The van der Waals surface area contributed by atoms with Gasteiger partial charge in [-0.25, -0.2) is 4.57 Å². The lowest BCUT2D eigenvalue weighted by Gasteiger charge is -2.41. The van der Waals surface area contributed by atoms with Crippen LogP contribution >= 0.6 is 7.82 Å². The van der Waals surface area contributed by atoms with Gasteiger partial charge >= 0.3 is 7.82 Å². The second kappa shape index (κ2) is 37.0. The predicted octanol–water partition coefficient (Wildman–Crippen LogP) is 8.37. The molecule has 0 bridgehead atoms. The molecule has 14 heteroatoms. The average molecular weight is 892 g/mol. The third-order valence-corrected chi connectivity index (χ3v) is 12.8. The summed E-state index contributed by atoms with van der Waals surface area (Å²) < 4.78 is 22.8. The third kappa shape index (κ3) is 29.0. The summed E-state index contributed by atoms with van der Waals surface area (Å²) in [4.78, 5) is 23.4. The molecule has 0 aliphatic heterocycles. The van der Waals surface area contributed by atoms with Crippen LogP contribution in [0.2, 0.25) is 0 Å². The van der Waals surface area contributed by atoms with Gasteiger partial charge in [0.2, 0.25) is 5.91 Å². The molecular weight excluding hydrogens is 801 g/mol. The van der Waals surface area contributed by atoms with Gasteiger partial charge in [-0.05, 0) is 32.1 Å². The fourth-order valence-electron chi connectivity index (χ4n) is 7.79. The summed E-state index contributed by atoms with van der Waals surface area (Å²) in [7, 11) is -5.14. The van der Waals surface area contributed by atoms with Crippen LogP contribution in [0.1, 0.15) is 206 Å². The van der Waals surface area contributed by atoms with Crippen LogP contribution < -0.4 is 5.32 Å². The van der Waals surface area contributed by atoms with Crippen molar-refractivity contribution < 1.29 is 59.0 Å². The first kappa shape index (κ1) is 57.8. The molecule has 8 atom stereocenters. The summed E-state index contributed by atoms with van der Waals surface area (Å²) >= 11 is 0. The molecule has 1 aliphatic rings. The average Bonchev–Trinajstić information content (AvgIpc) is 3.23. The van der Waals surface area contributed by atoms with Gasteiger partial charge in [0.1, 0.15) is 36.6 Å². The first-order valence-corrected chi connectivity index (χ1v) is 25.9. The summed E-state index contributed by atoms with van der Waals surface area (Å²) in [5.41, 5.74) is 0. The second-order valence-corrected chi connectivity index (χ2v) is 18.9. The van der Waals surface area contributed by atoms with E-state index in [0.717, 1.165) is 44.9 Å². The van der Waals surface area contributed by atoms with Crippen LogP contribution in [0, 0.1) is 0 Å². The lowest BCUT2D eigenvalue weighted by molar-refractivity contribution is -0.220. The molecule has 1 fully saturated rings. The molecule has 1 aliphatic carbocycles. The van der Waals surface area contributed by atoms with Crippen molar-refractivity contribution in [1.29, 1.82) is 0 Å². The molecule has 13 nitrogen and oxygen atoms in total. The van der Waals surface area contributed by atoms with Gasteiger partial charge in [0, 0.05) is 0 Å². The Labute approximate surface area is 369 Å². The fraction of sp³-hybridized carbons (Fsp3) is 0.894. The van der Waals surface area contributed by atoms with Crippen molar-refractivity contribution in [2.75, 3.05) is 6.61 Å². The summed E-state index contributed by atoms with van der Waals surface area (Å²) in [5, 5.41) is 74.4. The highest BCUT2D eigenvalue weighted by atomic mass is 31.2. The van der Waals surface area contributed by atoms with E-state index in [2.05, 4.69) is 31.3 Å². The zero-order valence-electron chi connectivity index (χ0n) is 38.1. The Morgan fingerprint density at radius 2 is 0.967 bits per heavy atom. The zero-order valence-corrected chi connectivity index (χ0v) is 39.0. The Bertz CT molecular complexity index is 1140. The number of phosphoric acid groups is 1. The standard InChI is InChI=1S/C47H90NO12P/c1-3-5-7-9-11-13-15-17-18-19-20-21-22-23-24-26-28-30-32-34-38(49)36-41(51)48-39(40(50)35-33-31-29-27-25-16-14-12-10-8-6-4-2)37-59-61(57,58)60-47-45(55)43(53)42(52)44(54)46(47)56/h25,27,33,35,38-40,42-47,49-50,52-56H,3-24,26,28-32,34,36-37H2,1-2H3,(H,48,51)(H,57,58)/b27-25+,35-33+. The van der Waals surface area contributed by atoms with E-state index in [1.165, 1.54) is 134 Å². The zero-order chi connectivity index (χ0) is 45.1. The van der Waals surface area contributed by atoms with Crippen LogP contribution in [-0.4, -0.2) is 108 Å². The number of aliphatic hydroxyl groups excluding tert-OH is 7. The molecule has 0 saturated heterocycles. The number of amides is 1. The Hall–Kier alpha value is -1.22. The predicted molar refractivity (Wildman–Crippen MR) is 243 cm³/mol. The monoisotopic (exact) mass is 892 g/mol. The Morgan fingerprint density at radius 3 is 1.44 bits per heavy atom. The largest absolute Gasteiger partial charge is 0.472 e. The summed E-state index contributed by atoms with van der Waals surface area (Å²) in [6.45, 7) is 3.72. The van der Waals surface area contributed by atoms with Crippen molar-refractivity contribution in [3.63, 3.8) is 0 Å². The molecular formula is C47H90NO12P. The van der Waals surface area contributed by atoms with E-state index in [1.54, 1.807) is 6.08 Å². The first-order valence-electron chi connectivity index (χ1n) is 24.4. The van der Waals surface area contributed by atoms with E-state index < -0.39 is 75.2 Å². The maximum absolute atomic E-state index is 13.0. The van der Waals surface area contributed by atoms with E-state index in [1.807, 2.05) is 0 Å².